The van der Waals surface area contributed by atoms with Crippen LogP contribution in [0, 0.1) is 18.2 Å². The van der Waals surface area contributed by atoms with Crippen molar-refractivity contribution < 1.29 is 8.78 Å². The Balaban J connectivity index is 1.22. The zero-order valence-electron chi connectivity index (χ0n) is 19.4. The van der Waals surface area contributed by atoms with Crippen molar-refractivity contribution in [3.05, 3.63) is 66.2 Å². The van der Waals surface area contributed by atoms with Gasteiger partial charge in [0.1, 0.15) is 22.9 Å². The number of rotatable bonds is 5. The molecule has 0 aliphatic carbocycles. The molecular formula is C25H25F2N8. The van der Waals surface area contributed by atoms with Crippen LogP contribution in [0.4, 0.5) is 20.5 Å². The van der Waals surface area contributed by atoms with E-state index in [0.29, 0.717) is 16.9 Å². The maximum absolute atomic E-state index is 14.8. The fraction of sp³-hybridized carbons (Fsp3) is 0.320. The summed E-state index contributed by atoms with van der Waals surface area (Å²) in [5, 5.41) is 3.03. The zero-order valence-corrected chi connectivity index (χ0v) is 19.4. The Kier molecular flexibility index (Phi) is 5.62. The van der Waals surface area contributed by atoms with Crippen molar-refractivity contribution in [3.63, 3.8) is 0 Å². The molecule has 1 aromatic carbocycles. The molecule has 0 atom stereocenters. The van der Waals surface area contributed by atoms with E-state index in [-0.39, 0.29) is 17.2 Å². The first-order valence-corrected chi connectivity index (χ1v) is 11.7. The summed E-state index contributed by atoms with van der Waals surface area (Å²) in [6.07, 6.45) is 4.52. The molecule has 1 N–H and O–H groups in total. The predicted octanol–water partition coefficient (Wildman–Crippen LogP) is 3.61. The Labute approximate surface area is 201 Å². The second-order valence-corrected chi connectivity index (χ2v) is 9.09. The molecule has 1 radical (unpaired) electrons. The Bertz CT molecular complexity index is 1380. The largest absolute Gasteiger partial charge is 0.323 e. The van der Waals surface area contributed by atoms with Gasteiger partial charge in [0.05, 0.1) is 18.3 Å². The minimum absolute atomic E-state index is 0.0172. The van der Waals surface area contributed by atoms with E-state index < -0.39 is 11.6 Å². The van der Waals surface area contributed by atoms with Crippen LogP contribution in [-0.4, -0.2) is 67.5 Å². The molecule has 0 amide bonds. The maximum atomic E-state index is 14.8. The van der Waals surface area contributed by atoms with Crippen LogP contribution < -0.4 is 5.32 Å². The number of hydrogen-bond acceptors (Lipinski definition) is 7. The number of imidazole rings is 1. The number of fused-ring (bicyclic) bond motifs is 3. The van der Waals surface area contributed by atoms with Gasteiger partial charge in [-0.15, -0.1) is 0 Å². The lowest BCUT2D eigenvalue weighted by atomic mass is 10.1. The molecule has 4 aromatic rings. The molecule has 3 aromatic heterocycles. The first kappa shape index (κ1) is 22.0. The van der Waals surface area contributed by atoms with E-state index in [2.05, 4.69) is 42.1 Å². The van der Waals surface area contributed by atoms with Crippen LogP contribution in [0.15, 0.2) is 36.7 Å². The number of likely N-dealkylation sites (N-methyl/N-ethyl adjacent to an activating group) is 1. The summed E-state index contributed by atoms with van der Waals surface area (Å²) in [6, 6.07) is 6.86. The molecule has 2 aliphatic heterocycles. The van der Waals surface area contributed by atoms with Gasteiger partial charge in [-0.05, 0) is 37.2 Å². The van der Waals surface area contributed by atoms with E-state index in [1.807, 2.05) is 29.4 Å². The highest BCUT2D eigenvalue weighted by molar-refractivity contribution is 5.83. The second-order valence-electron chi connectivity index (χ2n) is 9.09. The van der Waals surface area contributed by atoms with Gasteiger partial charge in [-0.3, -0.25) is 4.90 Å². The van der Waals surface area contributed by atoms with Crippen LogP contribution in [0.1, 0.15) is 17.8 Å². The molecule has 0 unspecified atom stereocenters. The number of halogens is 2. The van der Waals surface area contributed by atoms with E-state index in [4.69, 9.17) is 0 Å². The summed E-state index contributed by atoms with van der Waals surface area (Å²) < 4.78 is 31.4. The van der Waals surface area contributed by atoms with Crippen LogP contribution in [0.2, 0.25) is 0 Å². The van der Waals surface area contributed by atoms with Crippen LogP contribution >= 0.6 is 0 Å². The maximum Gasteiger partial charge on any atom is 0.229 e. The molecule has 0 saturated carbocycles. The number of nitrogens with zero attached hydrogens (tertiary/aromatic N) is 7. The van der Waals surface area contributed by atoms with Crippen LogP contribution in [0.5, 0.6) is 0 Å². The quantitative estimate of drug-likeness (QED) is 0.473. The highest BCUT2D eigenvalue weighted by Crippen LogP contribution is 2.31. The molecule has 0 bridgehead atoms. The van der Waals surface area contributed by atoms with E-state index in [1.54, 1.807) is 6.07 Å². The molecule has 1 fully saturated rings. The minimum Gasteiger partial charge on any atom is -0.323 e. The second kappa shape index (κ2) is 8.94. The summed E-state index contributed by atoms with van der Waals surface area (Å²) in [5.74, 6) is 0.414. The number of hydrogen-bond donors (Lipinski definition) is 1. The van der Waals surface area contributed by atoms with Crippen molar-refractivity contribution in [1.82, 2.24) is 34.3 Å². The fourth-order valence-electron chi connectivity index (χ4n) is 4.64. The number of pyridine rings is 1. The number of piperazine rings is 1. The molecule has 179 valence electrons. The molecular weight excluding hydrogens is 450 g/mol. The monoisotopic (exact) mass is 475 g/mol. The molecule has 1 saturated heterocycles. The van der Waals surface area contributed by atoms with E-state index in [9.17, 15) is 8.78 Å². The molecule has 6 rings (SSSR count). The number of nitrogens with one attached hydrogen (secondary N) is 1. The van der Waals surface area contributed by atoms with Gasteiger partial charge in [0.2, 0.25) is 5.95 Å². The summed E-state index contributed by atoms with van der Waals surface area (Å²) in [6.45, 7) is 7.02. The highest BCUT2D eigenvalue weighted by Gasteiger charge is 2.21. The zero-order chi connectivity index (χ0) is 23.9. The lowest BCUT2D eigenvalue weighted by Crippen LogP contribution is -2.43. The third-order valence-corrected chi connectivity index (χ3v) is 6.59. The first-order valence-electron chi connectivity index (χ1n) is 11.7. The highest BCUT2D eigenvalue weighted by atomic mass is 19.1. The van der Waals surface area contributed by atoms with Gasteiger partial charge < -0.3 is 14.8 Å². The first-order chi connectivity index (χ1) is 17.0. The van der Waals surface area contributed by atoms with Crippen LogP contribution in [0.3, 0.4) is 0 Å². The molecule has 8 nitrogen and oxygen atoms in total. The number of aromatic nitrogens is 5. The molecule has 2 aliphatic rings. The molecule has 0 spiro atoms. The SMILES string of the molecule is CN1CCN(Cc2ccc(Nc3ncc(F)c(-c4cc(F)c5nc6n(c5c4)[CH]CC6)n3)nc2)CC1. The summed E-state index contributed by atoms with van der Waals surface area (Å²) in [5.41, 5.74) is 2.36. The van der Waals surface area contributed by atoms with Gasteiger partial charge in [0, 0.05) is 50.9 Å². The Morgan fingerprint density at radius 3 is 2.63 bits per heavy atom. The number of anilines is 2. The van der Waals surface area contributed by atoms with Gasteiger partial charge in [-0.25, -0.2) is 28.7 Å². The number of benzene rings is 1. The summed E-state index contributed by atoms with van der Waals surface area (Å²) in [7, 11) is 2.14. The van der Waals surface area contributed by atoms with Crippen molar-refractivity contribution >= 4 is 22.8 Å². The Hall–Kier alpha value is -3.50. The normalized spacial score (nSPS) is 16.7. The third kappa shape index (κ3) is 4.35. The van der Waals surface area contributed by atoms with Crippen molar-refractivity contribution in [3.8, 4) is 11.3 Å². The van der Waals surface area contributed by atoms with Crippen molar-refractivity contribution in [2.24, 2.45) is 0 Å². The number of aryl methyl sites for hydroxylation is 1. The lowest BCUT2D eigenvalue weighted by Gasteiger charge is -2.32. The smallest absolute Gasteiger partial charge is 0.229 e. The Morgan fingerprint density at radius 1 is 0.971 bits per heavy atom. The average molecular weight is 476 g/mol. The van der Waals surface area contributed by atoms with Gasteiger partial charge in [-0.1, -0.05) is 6.07 Å². The average Bonchev–Trinajstić information content (AvgIpc) is 3.46. The summed E-state index contributed by atoms with van der Waals surface area (Å²) >= 11 is 0. The van der Waals surface area contributed by atoms with Gasteiger partial charge >= 0.3 is 0 Å². The van der Waals surface area contributed by atoms with Crippen molar-refractivity contribution in [2.45, 2.75) is 19.4 Å². The van der Waals surface area contributed by atoms with Crippen LogP contribution in [0.25, 0.3) is 22.3 Å². The topological polar surface area (TPSA) is 75.0 Å². The minimum atomic E-state index is -0.630. The van der Waals surface area contributed by atoms with Crippen molar-refractivity contribution in [1.29, 1.82) is 0 Å². The van der Waals surface area contributed by atoms with E-state index in [1.165, 1.54) is 6.07 Å². The standard InChI is InChI=1S/C25H25F2N8/c1-33-7-9-34(10-8-33)15-16-4-5-21(28-13-16)30-25-29-14-19(27)23(32-25)17-11-18(26)24-20(12-17)35-6-2-3-22(35)31-24/h4-6,11-14H,2-3,7-10,15H2,1H3,(H,28,29,30,32). The van der Waals surface area contributed by atoms with E-state index >= 15 is 0 Å². The lowest BCUT2D eigenvalue weighted by molar-refractivity contribution is 0.148. The van der Waals surface area contributed by atoms with Gasteiger partial charge in [0.15, 0.2) is 11.6 Å². The molecule has 35 heavy (non-hydrogen) atoms. The third-order valence-electron chi connectivity index (χ3n) is 6.59. The Morgan fingerprint density at radius 2 is 1.83 bits per heavy atom. The summed E-state index contributed by atoms with van der Waals surface area (Å²) in [4.78, 5) is 22.0. The predicted molar refractivity (Wildman–Crippen MR) is 129 cm³/mol. The molecule has 10 heteroatoms. The van der Waals surface area contributed by atoms with Gasteiger partial charge in [-0.2, -0.15) is 0 Å². The van der Waals surface area contributed by atoms with Crippen molar-refractivity contribution in [2.75, 3.05) is 38.5 Å². The van der Waals surface area contributed by atoms with Gasteiger partial charge in [0.25, 0.3) is 0 Å². The fourth-order valence-corrected chi connectivity index (χ4v) is 4.64. The molecule has 5 heterocycles. The van der Waals surface area contributed by atoms with Crippen LogP contribution in [-0.2, 0) is 13.0 Å². The van der Waals surface area contributed by atoms with E-state index in [0.717, 1.165) is 63.2 Å².